The molecule has 1 fully saturated rings. The van der Waals surface area contributed by atoms with Gasteiger partial charge in [0.25, 0.3) is 11.8 Å². The molecule has 10 heteroatoms. The lowest BCUT2D eigenvalue weighted by Gasteiger charge is -2.33. The van der Waals surface area contributed by atoms with E-state index in [2.05, 4.69) is 46.6 Å². The van der Waals surface area contributed by atoms with E-state index in [0.29, 0.717) is 27.5 Å². The van der Waals surface area contributed by atoms with Gasteiger partial charge in [-0.15, -0.1) is 0 Å². The highest BCUT2D eigenvalue weighted by molar-refractivity contribution is 9.10. The molecule has 0 saturated carbocycles. The Balaban J connectivity index is 1.30. The summed E-state index contributed by atoms with van der Waals surface area (Å²) < 4.78 is 0.392. The van der Waals surface area contributed by atoms with Crippen LogP contribution in [-0.2, 0) is 0 Å². The number of nitrogens with one attached hydrogen (secondary N) is 3. The fourth-order valence-electron chi connectivity index (χ4n) is 3.66. The van der Waals surface area contributed by atoms with E-state index < -0.39 is 5.91 Å². The molecule has 3 heterocycles. The molecular formula is C22H22BrClN6O2. The van der Waals surface area contributed by atoms with Crippen LogP contribution in [0.15, 0.2) is 53.3 Å². The molecule has 32 heavy (non-hydrogen) atoms. The van der Waals surface area contributed by atoms with Crippen LogP contribution in [0.25, 0.3) is 0 Å². The van der Waals surface area contributed by atoms with Gasteiger partial charge in [0.2, 0.25) is 0 Å². The van der Waals surface area contributed by atoms with Crippen LogP contribution in [0.3, 0.4) is 0 Å². The highest BCUT2D eigenvalue weighted by Gasteiger charge is 2.23. The Kier molecular flexibility index (Phi) is 7.06. The topological polar surface area (TPSA) is 103 Å². The summed E-state index contributed by atoms with van der Waals surface area (Å²) in [6.45, 7) is 2.46. The summed E-state index contributed by atoms with van der Waals surface area (Å²) in [6, 6.07) is 10.7. The molecule has 4 rings (SSSR count). The predicted octanol–water partition coefficient (Wildman–Crippen LogP) is 4.12. The number of rotatable bonds is 6. The van der Waals surface area contributed by atoms with E-state index in [4.69, 9.17) is 11.6 Å². The highest BCUT2D eigenvalue weighted by atomic mass is 79.9. The molecule has 1 aromatic carbocycles. The van der Waals surface area contributed by atoms with Gasteiger partial charge < -0.3 is 15.5 Å². The first-order valence-corrected chi connectivity index (χ1v) is 11.4. The van der Waals surface area contributed by atoms with Crippen molar-refractivity contribution in [1.82, 2.24) is 20.5 Å². The average Bonchev–Trinajstić information content (AvgIpc) is 3.18. The molecule has 2 aromatic heterocycles. The van der Waals surface area contributed by atoms with Gasteiger partial charge >= 0.3 is 0 Å². The van der Waals surface area contributed by atoms with Crippen molar-refractivity contribution in [2.75, 3.05) is 29.9 Å². The van der Waals surface area contributed by atoms with E-state index in [1.807, 2.05) is 12.1 Å². The molecule has 2 amide bonds. The maximum absolute atomic E-state index is 12.7. The third-order valence-electron chi connectivity index (χ3n) is 5.48. The number of nitrogens with zero attached hydrogens (tertiary/aromatic N) is 3. The third kappa shape index (κ3) is 5.11. The molecule has 3 aromatic rings. The van der Waals surface area contributed by atoms with Crippen LogP contribution in [0.1, 0.15) is 33.7 Å². The Bertz CT molecular complexity index is 1100. The maximum Gasteiger partial charge on any atom is 0.270 e. The van der Waals surface area contributed by atoms with Crippen molar-refractivity contribution in [3.8, 4) is 0 Å². The second-order valence-electron chi connectivity index (χ2n) is 7.54. The largest absolute Gasteiger partial charge is 0.371 e. The molecule has 0 unspecified atom stereocenters. The number of hydrogen-bond donors (Lipinski definition) is 3. The minimum atomic E-state index is -0.407. The summed E-state index contributed by atoms with van der Waals surface area (Å²) in [5, 5.41) is 12.7. The number of aromatic nitrogens is 3. The highest BCUT2D eigenvalue weighted by Crippen LogP contribution is 2.26. The first-order valence-electron chi connectivity index (χ1n) is 10.3. The van der Waals surface area contributed by atoms with Crippen LogP contribution in [0.4, 0.5) is 11.5 Å². The number of anilines is 2. The Morgan fingerprint density at radius 1 is 1.12 bits per heavy atom. The summed E-state index contributed by atoms with van der Waals surface area (Å²) in [7, 11) is 0. The average molecular weight is 518 g/mol. The number of benzene rings is 1. The number of carbonyl (C=O) groups excluding carboxylic acids is 2. The molecule has 166 valence electrons. The van der Waals surface area contributed by atoms with Crippen molar-refractivity contribution < 1.29 is 9.59 Å². The van der Waals surface area contributed by atoms with E-state index in [1.165, 1.54) is 5.69 Å². The number of carbonyl (C=O) groups is 2. The molecule has 1 saturated heterocycles. The number of halogens is 2. The first kappa shape index (κ1) is 22.3. The number of piperidine rings is 1. The Morgan fingerprint density at radius 2 is 1.84 bits per heavy atom. The van der Waals surface area contributed by atoms with Gasteiger partial charge in [-0.25, -0.2) is 0 Å². The molecule has 1 aliphatic heterocycles. The molecule has 0 bridgehead atoms. The minimum absolute atomic E-state index is 0.228. The first-order chi connectivity index (χ1) is 15.5. The van der Waals surface area contributed by atoms with E-state index in [0.717, 1.165) is 25.9 Å². The lowest BCUT2D eigenvalue weighted by atomic mass is 9.96. The lowest BCUT2D eigenvalue weighted by Crippen LogP contribution is -2.38. The van der Waals surface area contributed by atoms with Crippen LogP contribution < -0.4 is 15.5 Å². The summed E-state index contributed by atoms with van der Waals surface area (Å²) in [4.78, 5) is 31.5. The van der Waals surface area contributed by atoms with Gasteiger partial charge in [0.05, 0.1) is 15.1 Å². The van der Waals surface area contributed by atoms with E-state index in [1.54, 1.807) is 36.7 Å². The van der Waals surface area contributed by atoms with Gasteiger partial charge in [-0.05, 0) is 59.0 Å². The molecule has 0 spiro atoms. The summed E-state index contributed by atoms with van der Waals surface area (Å²) in [5.41, 5.74) is 1.76. The van der Waals surface area contributed by atoms with Crippen LogP contribution in [-0.4, -0.2) is 46.6 Å². The van der Waals surface area contributed by atoms with Gasteiger partial charge in [-0.2, -0.15) is 5.10 Å². The lowest BCUT2D eigenvalue weighted by molar-refractivity contribution is 0.0938. The number of hydrogen-bond acceptors (Lipinski definition) is 5. The van der Waals surface area contributed by atoms with Crippen LogP contribution in [0.5, 0.6) is 0 Å². The molecule has 0 atom stereocenters. The number of aromatic amines is 1. The predicted molar refractivity (Wildman–Crippen MR) is 127 cm³/mol. The van der Waals surface area contributed by atoms with Gasteiger partial charge in [0.15, 0.2) is 5.82 Å². The molecule has 0 radical (unpaired) electrons. The van der Waals surface area contributed by atoms with Crippen LogP contribution >= 0.6 is 27.5 Å². The monoisotopic (exact) mass is 516 g/mol. The van der Waals surface area contributed by atoms with Crippen molar-refractivity contribution >= 4 is 50.9 Å². The van der Waals surface area contributed by atoms with Crippen molar-refractivity contribution in [2.45, 2.75) is 12.8 Å². The SMILES string of the molecule is O=C(Nc1n[nH]c(C(=O)NCC2CCN(c3ccncc3)CC2)c1Br)c1ccccc1Cl. The Hall–Kier alpha value is -2.91. The second-order valence-corrected chi connectivity index (χ2v) is 8.74. The molecule has 1 aliphatic rings. The van der Waals surface area contributed by atoms with Gasteiger partial charge in [0.1, 0.15) is 5.69 Å². The number of pyridine rings is 1. The standard InChI is InChI=1S/C22H22BrClN6O2/c23-18-19(28-29-20(18)27-21(31)16-3-1-2-4-17(16)24)22(32)26-13-14-7-11-30(12-8-14)15-5-9-25-10-6-15/h1-6,9-10,14H,7-8,11-13H2,(H,26,32)(H2,27,28,29,31). The summed E-state index contributed by atoms with van der Waals surface area (Å²) >= 11 is 9.43. The van der Waals surface area contributed by atoms with Crippen molar-refractivity contribution in [3.63, 3.8) is 0 Å². The Labute approximate surface area is 198 Å². The van der Waals surface area contributed by atoms with Crippen LogP contribution in [0.2, 0.25) is 5.02 Å². The van der Waals surface area contributed by atoms with Crippen molar-refractivity contribution in [2.24, 2.45) is 5.92 Å². The zero-order valence-electron chi connectivity index (χ0n) is 17.1. The fraction of sp³-hybridized carbons (Fsp3) is 0.273. The van der Waals surface area contributed by atoms with Gasteiger partial charge in [0, 0.05) is 37.7 Å². The van der Waals surface area contributed by atoms with E-state index >= 15 is 0 Å². The van der Waals surface area contributed by atoms with E-state index in [-0.39, 0.29) is 17.4 Å². The molecule has 3 N–H and O–H groups in total. The fourth-order valence-corrected chi connectivity index (χ4v) is 4.34. The summed E-state index contributed by atoms with van der Waals surface area (Å²) in [5.74, 6) is -0.0567. The zero-order valence-corrected chi connectivity index (χ0v) is 19.5. The number of amides is 2. The normalized spacial score (nSPS) is 14.2. The molecular weight excluding hydrogens is 496 g/mol. The zero-order chi connectivity index (χ0) is 22.5. The molecule has 0 aliphatic carbocycles. The van der Waals surface area contributed by atoms with Crippen molar-refractivity contribution in [3.05, 3.63) is 69.5 Å². The second kappa shape index (κ2) is 10.1. The van der Waals surface area contributed by atoms with Crippen LogP contribution in [0, 0.1) is 5.92 Å². The third-order valence-corrected chi connectivity index (χ3v) is 6.58. The van der Waals surface area contributed by atoms with Gasteiger partial charge in [-0.1, -0.05) is 23.7 Å². The molecule has 8 nitrogen and oxygen atoms in total. The summed E-state index contributed by atoms with van der Waals surface area (Å²) in [6.07, 6.45) is 5.59. The van der Waals surface area contributed by atoms with Gasteiger partial charge in [-0.3, -0.25) is 19.7 Å². The smallest absolute Gasteiger partial charge is 0.270 e. The quantitative estimate of drug-likeness (QED) is 0.456. The number of H-pyrrole nitrogens is 1. The minimum Gasteiger partial charge on any atom is -0.371 e. The van der Waals surface area contributed by atoms with Crippen molar-refractivity contribution in [1.29, 1.82) is 0 Å². The maximum atomic E-state index is 12.7. The van der Waals surface area contributed by atoms with E-state index in [9.17, 15) is 9.59 Å². The Morgan fingerprint density at radius 3 is 2.56 bits per heavy atom.